The van der Waals surface area contributed by atoms with Crippen LogP contribution < -0.4 is 4.74 Å². The predicted octanol–water partition coefficient (Wildman–Crippen LogP) is 2.81. The molecular formula is C9H9Cl2NO. The summed E-state index contributed by atoms with van der Waals surface area (Å²) in [5, 5.41) is 0. The first kappa shape index (κ1) is 12.0. The SMILES string of the molecule is C1=COc2ccccc2C=N1.Cl.Cl. The molecule has 0 aliphatic carbocycles. The highest BCUT2D eigenvalue weighted by Crippen LogP contribution is 2.17. The van der Waals surface area contributed by atoms with Crippen molar-refractivity contribution in [3.63, 3.8) is 0 Å². The fourth-order valence-corrected chi connectivity index (χ4v) is 0.957. The summed E-state index contributed by atoms with van der Waals surface area (Å²) < 4.78 is 5.24. The minimum absolute atomic E-state index is 0. The molecule has 0 saturated carbocycles. The maximum Gasteiger partial charge on any atom is 0.135 e. The van der Waals surface area contributed by atoms with Gasteiger partial charge in [-0.25, -0.2) is 0 Å². The fraction of sp³-hybridized carbons (Fsp3) is 0. The number of hydrogen-bond donors (Lipinski definition) is 0. The summed E-state index contributed by atoms with van der Waals surface area (Å²) in [6.07, 6.45) is 4.97. The number of halogens is 2. The van der Waals surface area contributed by atoms with Crippen molar-refractivity contribution in [1.82, 2.24) is 0 Å². The van der Waals surface area contributed by atoms with Crippen molar-refractivity contribution in [2.45, 2.75) is 0 Å². The molecule has 0 saturated heterocycles. The molecule has 1 aromatic rings. The third kappa shape index (κ3) is 2.76. The highest BCUT2D eigenvalue weighted by molar-refractivity contribution is 5.85. The van der Waals surface area contributed by atoms with Gasteiger partial charge in [0.25, 0.3) is 0 Å². The number of benzene rings is 1. The first-order valence-electron chi connectivity index (χ1n) is 3.41. The number of aliphatic imine (C=N–C) groups is 1. The number of hydrogen-bond acceptors (Lipinski definition) is 2. The molecule has 0 aromatic heterocycles. The summed E-state index contributed by atoms with van der Waals surface area (Å²) in [5.41, 5.74) is 1.01. The maximum atomic E-state index is 5.24. The average Bonchev–Trinajstić information content (AvgIpc) is 2.28. The average molecular weight is 218 g/mol. The van der Waals surface area contributed by atoms with E-state index < -0.39 is 0 Å². The van der Waals surface area contributed by atoms with E-state index in [0.717, 1.165) is 11.3 Å². The van der Waals surface area contributed by atoms with E-state index in [2.05, 4.69) is 4.99 Å². The molecule has 0 unspecified atom stereocenters. The van der Waals surface area contributed by atoms with E-state index >= 15 is 0 Å². The Kier molecular flexibility index (Phi) is 5.19. The van der Waals surface area contributed by atoms with Crippen molar-refractivity contribution in [3.05, 3.63) is 42.3 Å². The first-order valence-corrected chi connectivity index (χ1v) is 3.41. The Morgan fingerprint density at radius 2 is 1.85 bits per heavy atom. The second-order valence-corrected chi connectivity index (χ2v) is 2.22. The molecule has 13 heavy (non-hydrogen) atoms. The van der Waals surface area contributed by atoms with Gasteiger partial charge in [-0.1, -0.05) is 12.1 Å². The van der Waals surface area contributed by atoms with Crippen molar-refractivity contribution in [2.24, 2.45) is 4.99 Å². The van der Waals surface area contributed by atoms with E-state index in [9.17, 15) is 0 Å². The number of fused-ring (bicyclic) bond motifs is 1. The van der Waals surface area contributed by atoms with Crippen LogP contribution in [-0.4, -0.2) is 6.21 Å². The van der Waals surface area contributed by atoms with E-state index in [1.807, 2.05) is 24.3 Å². The summed E-state index contributed by atoms with van der Waals surface area (Å²) in [5.74, 6) is 0.852. The Bertz CT molecular complexity index is 323. The molecule has 0 fully saturated rings. The summed E-state index contributed by atoms with van der Waals surface area (Å²) in [7, 11) is 0. The van der Waals surface area contributed by atoms with Crippen molar-refractivity contribution < 1.29 is 4.74 Å². The highest BCUT2D eigenvalue weighted by Gasteiger charge is 1.98. The third-order valence-electron chi connectivity index (χ3n) is 1.47. The highest BCUT2D eigenvalue weighted by atomic mass is 35.5. The molecule has 2 nitrogen and oxygen atoms in total. The van der Waals surface area contributed by atoms with E-state index in [4.69, 9.17) is 4.74 Å². The van der Waals surface area contributed by atoms with Crippen LogP contribution in [0.5, 0.6) is 5.75 Å². The molecule has 1 aliphatic heterocycles. The van der Waals surface area contributed by atoms with E-state index in [-0.39, 0.29) is 24.8 Å². The Hall–Kier alpha value is -0.990. The summed E-state index contributed by atoms with van der Waals surface area (Å²) >= 11 is 0. The van der Waals surface area contributed by atoms with Crippen LogP contribution >= 0.6 is 24.8 Å². The van der Waals surface area contributed by atoms with Gasteiger partial charge in [-0.3, -0.25) is 4.99 Å². The van der Waals surface area contributed by atoms with Crippen LogP contribution in [0.2, 0.25) is 0 Å². The first-order chi connectivity index (χ1) is 5.47. The van der Waals surface area contributed by atoms with Crippen LogP contribution in [0.25, 0.3) is 0 Å². The molecule has 70 valence electrons. The molecule has 0 spiro atoms. The Labute approximate surface area is 89.1 Å². The zero-order valence-electron chi connectivity index (χ0n) is 6.71. The second-order valence-electron chi connectivity index (χ2n) is 2.22. The summed E-state index contributed by atoms with van der Waals surface area (Å²) in [6, 6.07) is 7.77. The van der Waals surface area contributed by atoms with Crippen molar-refractivity contribution in [3.8, 4) is 5.75 Å². The monoisotopic (exact) mass is 217 g/mol. The maximum absolute atomic E-state index is 5.24. The van der Waals surface area contributed by atoms with Crippen molar-refractivity contribution in [2.75, 3.05) is 0 Å². The van der Waals surface area contributed by atoms with Gasteiger partial charge in [0, 0.05) is 11.8 Å². The van der Waals surface area contributed by atoms with Crippen LogP contribution in [0.4, 0.5) is 0 Å². The number of para-hydroxylation sites is 1. The molecular weight excluding hydrogens is 209 g/mol. The molecule has 2 rings (SSSR count). The topological polar surface area (TPSA) is 21.6 Å². The number of nitrogens with zero attached hydrogens (tertiary/aromatic N) is 1. The summed E-state index contributed by atoms with van der Waals surface area (Å²) in [4.78, 5) is 3.98. The van der Waals surface area contributed by atoms with Crippen molar-refractivity contribution >= 4 is 31.0 Å². The van der Waals surface area contributed by atoms with Gasteiger partial charge >= 0.3 is 0 Å². The minimum Gasteiger partial charge on any atom is -0.463 e. The second kappa shape index (κ2) is 5.62. The largest absolute Gasteiger partial charge is 0.463 e. The molecule has 1 aliphatic rings. The van der Waals surface area contributed by atoms with Crippen LogP contribution in [0.1, 0.15) is 5.56 Å². The zero-order chi connectivity index (χ0) is 7.52. The zero-order valence-corrected chi connectivity index (χ0v) is 8.35. The van der Waals surface area contributed by atoms with Crippen LogP contribution in [-0.2, 0) is 0 Å². The molecule has 1 heterocycles. The lowest BCUT2D eigenvalue weighted by Gasteiger charge is -1.99. The Morgan fingerprint density at radius 1 is 1.08 bits per heavy atom. The van der Waals surface area contributed by atoms with Crippen LogP contribution in [0, 0.1) is 0 Å². The van der Waals surface area contributed by atoms with Gasteiger partial charge in [-0.2, -0.15) is 0 Å². The van der Waals surface area contributed by atoms with Gasteiger partial charge in [0.05, 0.1) is 6.20 Å². The molecule has 0 amide bonds. The smallest absolute Gasteiger partial charge is 0.135 e. The molecule has 0 bridgehead atoms. The lowest BCUT2D eigenvalue weighted by atomic mass is 10.2. The molecule has 0 N–H and O–H groups in total. The molecule has 4 heteroatoms. The van der Waals surface area contributed by atoms with Gasteiger partial charge in [-0.05, 0) is 12.1 Å². The quantitative estimate of drug-likeness (QED) is 0.656. The Balaban J connectivity index is 0.000000720. The standard InChI is InChI=1S/C9H7NO.2ClH/c1-2-4-9-8(3-1)7-10-5-6-11-9;;/h1-7H;2*1H. The third-order valence-corrected chi connectivity index (χ3v) is 1.47. The van der Waals surface area contributed by atoms with Gasteiger partial charge in [0.2, 0.25) is 0 Å². The van der Waals surface area contributed by atoms with Gasteiger partial charge in [0.15, 0.2) is 0 Å². The van der Waals surface area contributed by atoms with Gasteiger partial charge < -0.3 is 4.74 Å². The van der Waals surface area contributed by atoms with E-state index in [0.29, 0.717) is 0 Å². The van der Waals surface area contributed by atoms with E-state index in [1.165, 1.54) is 0 Å². The lowest BCUT2D eigenvalue weighted by Crippen LogP contribution is -1.85. The molecule has 0 atom stereocenters. The van der Waals surface area contributed by atoms with Crippen molar-refractivity contribution in [1.29, 1.82) is 0 Å². The minimum atomic E-state index is 0. The predicted molar refractivity (Wildman–Crippen MR) is 58.3 cm³/mol. The van der Waals surface area contributed by atoms with Gasteiger partial charge in [-0.15, -0.1) is 24.8 Å². The molecule has 1 aromatic carbocycles. The normalized spacial score (nSPS) is 11.4. The number of rotatable bonds is 0. The van der Waals surface area contributed by atoms with Crippen LogP contribution in [0.3, 0.4) is 0 Å². The van der Waals surface area contributed by atoms with Gasteiger partial charge in [0.1, 0.15) is 12.0 Å². The van der Waals surface area contributed by atoms with Crippen LogP contribution in [0.15, 0.2) is 41.7 Å². The summed E-state index contributed by atoms with van der Waals surface area (Å²) in [6.45, 7) is 0. The lowest BCUT2D eigenvalue weighted by molar-refractivity contribution is 0.481. The fourth-order valence-electron chi connectivity index (χ4n) is 0.957. The van der Waals surface area contributed by atoms with E-state index in [1.54, 1.807) is 18.7 Å². The number of ether oxygens (including phenoxy) is 1. The Morgan fingerprint density at radius 3 is 2.69 bits per heavy atom. The molecule has 0 radical (unpaired) electrons.